The number of benzene rings is 2. The third-order valence-electron chi connectivity index (χ3n) is 10.4. The summed E-state index contributed by atoms with van der Waals surface area (Å²) in [5.41, 5.74) is 7.67. The van der Waals surface area contributed by atoms with Gasteiger partial charge in [0.05, 0.1) is 24.7 Å². The smallest absolute Gasteiger partial charge is 0.213 e. The SMILES string of the molecule is C=C1COC2C3C(CCC[C@@H]2C)C[C@H](C)C3OCCC2c3ccccc3-c3ccc(-c4ccccc4)c[n+]3C12. The van der Waals surface area contributed by atoms with Crippen LogP contribution in [0.2, 0.25) is 0 Å². The Morgan fingerprint density at radius 1 is 0.795 bits per heavy atom. The van der Waals surface area contributed by atoms with Gasteiger partial charge in [0.2, 0.25) is 5.69 Å². The van der Waals surface area contributed by atoms with Crippen LogP contribution in [0.3, 0.4) is 0 Å². The molecule has 0 amide bonds. The van der Waals surface area contributed by atoms with E-state index in [-0.39, 0.29) is 12.1 Å². The van der Waals surface area contributed by atoms with Gasteiger partial charge in [-0.15, -0.1) is 0 Å². The minimum atomic E-state index is 0.134. The minimum absolute atomic E-state index is 0.134. The number of nitrogens with zero attached hydrogens (tertiary/aromatic N) is 1. The molecule has 1 aromatic heterocycles. The van der Waals surface area contributed by atoms with E-state index >= 15 is 0 Å². The lowest BCUT2D eigenvalue weighted by molar-refractivity contribution is -0.709. The summed E-state index contributed by atoms with van der Waals surface area (Å²) in [6, 6.07) is 24.4. The fourth-order valence-electron chi connectivity index (χ4n) is 8.59. The topological polar surface area (TPSA) is 22.3 Å². The van der Waals surface area contributed by atoms with Gasteiger partial charge in [0.25, 0.3) is 0 Å². The van der Waals surface area contributed by atoms with Crippen molar-refractivity contribution in [2.24, 2.45) is 23.7 Å². The summed E-state index contributed by atoms with van der Waals surface area (Å²) in [7, 11) is 0. The second-order valence-electron chi connectivity index (χ2n) is 12.7. The van der Waals surface area contributed by atoms with Crippen LogP contribution in [0.15, 0.2) is 85.1 Å². The van der Waals surface area contributed by atoms with E-state index in [2.05, 4.69) is 91.3 Å². The molecule has 2 saturated carbocycles. The number of hydrogen-bond acceptors (Lipinski definition) is 2. The van der Waals surface area contributed by atoms with E-state index in [1.807, 2.05) is 0 Å². The number of hydrogen-bond donors (Lipinski definition) is 0. The van der Waals surface area contributed by atoms with Gasteiger partial charge in [-0.25, -0.2) is 0 Å². The molecule has 39 heavy (non-hydrogen) atoms. The first kappa shape index (κ1) is 25.2. The zero-order valence-electron chi connectivity index (χ0n) is 23.5. The molecule has 0 N–H and O–H groups in total. The predicted octanol–water partition coefficient (Wildman–Crippen LogP) is 7.77. The molecule has 0 spiro atoms. The number of fused-ring (bicyclic) bond motifs is 6. The van der Waals surface area contributed by atoms with E-state index in [1.54, 1.807) is 0 Å². The molecule has 4 aliphatic rings. The standard InChI is InChI=1S/C36H42NO2/c1-23-10-9-13-27-20-24(2)36-33(27)35(23)39-22-25(3)34-31(18-19-38-36)29-14-7-8-15-30(29)32-17-16-28(21-37(32)34)26-11-5-4-6-12-26/h4-8,11-12,14-17,21,23-24,27,31,33-36H,3,9-10,13,18-20,22H2,1-2H3/q+1/t23-,24-,27?,31?,33?,34?,35?,36?/m0/s1. The molecular weight excluding hydrogens is 478 g/mol. The highest BCUT2D eigenvalue weighted by Gasteiger charge is 2.50. The Morgan fingerprint density at radius 3 is 2.46 bits per heavy atom. The van der Waals surface area contributed by atoms with Crippen molar-refractivity contribution in [3.8, 4) is 22.4 Å². The molecule has 7 rings (SSSR count). The third kappa shape index (κ3) is 4.39. The van der Waals surface area contributed by atoms with Crippen LogP contribution in [0, 0.1) is 23.7 Å². The first-order valence-corrected chi connectivity index (χ1v) is 15.2. The average Bonchev–Trinajstić information content (AvgIpc) is 3.16. The van der Waals surface area contributed by atoms with Gasteiger partial charge in [-0.3, -0.25) is 0 Å². The molecule has 3 nitrogen and oxygen atoms in total. The van der Waals surface area contributed by atoms with Gasteiger partial charge in [-0.2, -0.15) is 4.57 Å². The third-order valence-corrected chi connectivity index (χ3v) is 10.4. The van der Waals surface area contributed by atoms with Gasteiger partial charge in [0, 0.05) is 35.3 Å². The van der Waals surface area contributed by atoms with Crippen molar-refractivity contribution >= 4 is 0 Å². The summed E-state index contributed by atoms with van der Waals surface area (Å²) >= 11 is 0. The molecule has 202 valence electrons. The molecule has 8 atom stereocenters. The van der Waals surface area contributed by atoms with Gasteiger partial charge in [0.1, 0.15) is 0 Å². The number of aromatic nitrogens is 1. The van der Waals surface area contributed by atoms with Crippen LogP contribution < -0.4 is 4.57 Å². The maximum atomic E-state index is 6.99. The van der Waals surface area contributed by atoms with Gasteiger partial charge in [0.15, 0.2) is 12.2 Å². The maximum absolute atomic E-state index is 6.99. The zero-order valence-corrected chi connectivity index (χ0v) is 23.5. The van der Waals surface area contributed by atoms with Crippen LogP contribution in [0.25, 0.3) is 22.4 Å². The van der Waals surface area contributed by atoms with Crippen LogP contribution in [0.4, 0.5) is 0 Å². The molecule has 2 aliphatic carbocycles. The first-order valence-electron chi connectivity index (χ1n) is 15.2. The van der Waals surface area contributed by atoms with Gasteiger partial charge in [-0.1, -0.05) is 75.4 Å². The van der Waals surface area contributed by atoms with Crippen LogP contribution in [-0.4, -0.2) is 25.4 Å². The molecule has 2 aromatic carbocycles. The summed E-state index contributed by atoms with van der Waals surface area (Å²) in [6.07, 6.45) is 9.06. The van der Waals surface area contributed by atoms with Crippen molar-refractivity contribution in [1.29, 1.82) is 0 Å². The Kier molecular flexibility index (Phi) is 6.69. The molecule has 0 radical (unpaired) electrons. The number of rotatable bonds is 1. The highest BCUT2D eigenvalue weighted by molar-refractivity contribution is 5.68. The van der Waals surface area contributed by atoms with E-state index in [0.717, 1.165) is 18.9 Å². The first-order chi connectivity index (χ1) is 19.1. The van der Waals surface area contributed by atoms with Crippen molar-refractivity contribution in [3.63, 3.8) is 0 Å². The van der Waals surface area contributed by atoms with Crippen LogP contribution in [0.5, 0.6) is 0 Å². The molecule has 3 heterocycles. The highest BCUT2D eigenvalue weighted by Crippen LogP contribution is 2.50. The summed E-state index contributed by atoms with van der Waals surface area (Å²) < 4.78 is 16.4. The Balaban J connectivity index is 1.32. The minimum Gasteiger partial charge on any atom is -0.378 e. The lowest BCUT2D eigenvalue weighted by Gasteiger charge is -2.35. The molecule has 3 heteroatoms. The van der Waals surface area contributed by atoms with Crippen molar-refractivity contribution in [1.82, 2.24) is 0 Å². The van der Waals surface area contributed by atoms with Crippen molar-refractivity contribution < 1.29 is 14.0 Å². The zero-order chi connectivity index (χ0) is 26.5. The molecule has 0 bridgehead atoms. The summed E-state index contributed by atoms with van der Waals surface area (Å²) in [5.74, 6) is 2.67. The normalized spacial score (nSPS) is 34.1. The van der Waals surface area contributed by atoms with Crippen molar-refractivity contribution in [2.75, 3.05) is 13.2 Å². The maximum Gasteiger partial charge on any atom is 0.213 e. The fraction of sp³-hybridized carbons (Fsp3) is 0.472. The van der Waals surface area contributed by atoms with Gasteiger partial charge >= 0.3 is 0 Å². The second kappa shape index (κ2) is 10.3. The van der Waals surface area contributed by atoms with E-state index in [4.69, 9.17) is 16.1 Å². The van der Waals surface area contributed by atoms with Gasteiger partial charge < -0.3 is 9.47 Å². The van der Waals surface area contributed by atoms with E-state index in [0.29, 0.717) is 36.4 Å². The van der Waals surface area contributed by atoms with E-state index < -0.39 is 0 Å². The number of ether oxygens (including phenoxy) is 2. The molecular formula is C36H42NO2+. The van der Waals surface area contributed by atoms with Crippen LogP contribution in [0.1, 0.15) is 63.5 Å². The number of pyridine rings is 1. The van der Waals surface area contributed by atoms with E-state index in [9.17, 15) is 0 Å². The fourth-order valence-corrected chi connectivity index (χ4v) is 8.59. The largest absolute Gasteiger partial charge is 0.378 e. The average molecular weight is 521 g/mol. The highest BCUT2D eigenvalue weighted by atomic mass is 16.5. The molecule has 2 aliphatic heterocycles. The lowest BCUT2D eigenvalue weighted by Crippen LogP contribution is -2.49. The van der Waals surface area contributed by atoms with Gasteiger partial charge in [-0.05, 0) is 66.7 Å². The monoisotopic (exact) mass is 520 g/mol. The summed E-state index contributed by atoms with van der Waals surface area (Å²) in [5, 5.41) is 0. The predicted molar refractivity (Wildman–Crippen MR) is 156 cm³/mol. The molecule has 1 saturated heterocycles. The van der Waals surface area contributed by atoms with E-state index in [1.165, 1.54) is 59.2 Å². The van der Waals surface area contributed by atoms with Crippen molar-refractivity contribution in [3.05, 3.63) is 90.6 Å². The molecule has 3 aromatic rings. The Morgan fingerprint density at radius 2 is 1.59 bits per heavy atom. The second-order valence-corrected chi connectivity index (χ2v) is 12.7. The molecule has 3 fully saturated rings. The summed E-state index contributed by atoms with van der Waals surface area (Å²) in [6.45, 7) is 11.0. The summed E-state index contributed by atoms with van der Waals surface area (Å²) in [4.78, 5) is 0. The van der Waals surface area contributed by atoms with Crippen LogP contribution >= 0.6 is 0 Å². The van der Waals surface area contributed by atoms with Crippen molar-refractivity contribution in [2.45, 2.75) is 70.1 Å². The van der Waals surface area contributed by atoms with Crippen LogP contribution in [-0.2, 0) is 9.47 Å². The quantitative estimate of drug-likeness (QED) is 0.242. The Labute approximate surface area is 233 Å². The Hall–Kier alpha value is -2.75. The Bertz CT molecular complexity index is 1350. The lowest BCUT2D eigenvalue weighted by atomic mass is 9.78. The molecule has 6 unspecified atom stereocenters.